The number of nitrogens with one attached hydrogen (secondary N) is 1. The summed E-state index contributed by atoms with van der Waals surface area (Å²) < 4.78 is 0. The second-order valence-corrected chi connectivity index (χ2v) is 5.17. The van der Waals surface area contributed by atoms with Crippen LogP contribution in [0.25, 0.3) is 0 Å². The van der Waals surface area contributed by atoms with Crippen molar-refractivity contribution in [2.75, 3.05) is 6.54 Å². The number of carboxylic acids is 1. The Kier molecular flexibility index (Phi) is 3.54. The Morgan fingerprint density at radius 2 is 2.11 bits per heavy atom. The van der Waals surface area contributed by atoms with Gasteiger partial charge in [0, 0.05) is 13.0 Å². The Morgan fingerprint density at radius 1 is 1.39 bits per heavy atom. The van der Waals surface area contributed by atoms with Crippen molar-refractivity contribution in [1.29, 1.82) is 0 Å². The normalized spacial score (nSPS) is 32.2. The average molecular weight is 254 g/mol. The van der Waals surface area contributed by atoms with Crippen LogP contribution in [0.15, 0.2) is 0 Å². The Hall–Kier alpha value is -1.59. The monoisotopic (exact) mass is 254 g/mol. The van der Waals surface area contributed by atoms with E-state index in [0.29, 0.717) is 31.7 Å². The first-order valence-electron chi connectivity index (χ1n) is 6.31. The molecule has 2 saturated heterocycles. The van der Waals surface area contributed by atoms with Gasteiger partial charge in [-0.3, -0.25) is 9.59 Å². The SMILES string of the molecule is CC1CCN(C(=O)C2CCC(=O)N2)C(C(=O)O)C1. The van der Waals surface area contributed by atoms with E-state index in [-0.39, 0.29) is 11.8 Å². The number of piperidine rings is 1. The van der Waals surface area contributed by atoms with Crippen LogP contribution in [0.4, 0.5) is 0 Å². The third-order valence-corrected chi connectivity index (χ3v) is 3.73. The Labute approximate surface area is 105 Å². The topological polar surface area (TPSA) is 86.7 Å². The zero-order valence-corrected chi connectivity index (χ0v) is 10.4. The maximum Gasteiger partial charge on any atom is 0.326 e. The number of aliphatic carboxylic acids is 1. The lowest BCUT2D eigenvalue weighted by Gasteiger charge is -2.37. The number of hydrogen-bond acceptors (Lipinski definition) is 3. The summed E-state index contributed by atoms with van der Waals surface area (Å²) in [5, 5.41) is 11.8. The predicted molar refractivity (Wildman–Crippen MR) is 62.7 cm³/mol. The maximum atomic E-state index is 12.2. The maximum absolute atomic E-state index is 12.2. The number of nitrogens with zero attached hydrogens (tertiary/aromatic N) is 1. The van der Waals surface area contributed by atoms with Crippen LogP contribution in [0, 0.1) is 5.92 Å². The molecule has 2 aliphatic rings. The van der Waals surface area contributed by atoms with Crippen molar-refractivity contribution in [3.63, 3.8) is 0 Å². The first-order valence-corrected chi connectivity index (χ1v) is 6.31. The lowest BCUT2D eigenvalue weighted by Crippen LogP contribution is -2.54. The van der Waals surface area contributed by atoms with Crippen molar-refractivity contribution in [2.24, 2.45) is 5.92 Å². The second-order valence-electron chi connectivity index (χ2n) is 5.17. The van der Waals surface area contributed by atoms with Gasteiger partial charge in [-0.05, 0) is 25.2 Å². The van der Waals surface area contributed by atoms with Crippen molar-refractivity contribution in [2.45, 2.75) is 44.7 Å². The molecular weight excluding hydrogens is 236 g/mol. The first kappa shape index (κ1) is 12.9. The zero-order valence-electron chi connectivity index (χ0n) is 10.4. The van der Waals surface area contributed by atoms with Crippen LogP contribution < -0.4 is 5.32 Å². The van der Waals surface area contributed by atoms with E-state index in [0.717, 1.165) is 6.42 Å². The second kappa shape index (κ2) is 4.96. The summed E-state index contributed by atoms with van der Waals surface area (Å²) in [6.45, 7) is 2.46. The van der Waals surface area contributed by atoms with Gasteiger partial charge in [0.05, 0.1) is 0 Å². The van der Waals surface area contributed by atoms with E-state index >= 15 is 0 Å². The molecule has 0 aromatic rings. The van der Waals surface area contributed by atoms with Gasteiger partial charge in [-0.2, -0.15) is 0 Å². The van der Waals surface area contributed by atoms with Gasteiger partial charge in [0.25, 0.3) is 0 Å². The van der Waals surface area contributed by atoms with Gasteiger partial charge in [0.2, 0.25) is 11.8 Å². The molecule has 6 nitrogen and oxygen atoms in total. The number of rotatable bonds is 2. The molecule has 6 heteroatoms. The number of likely N-dealkylation sites (tertiary alicyclic amines) is 1. The van der Waals surface area contributed by atoms with Gasteiger partial charge in [0.15, 0.2) is 0 Å². The van der Waals surface area contributed by atoms with Crippen LogP contribution in [0.5, 0.6) is 0 Å². The Bertz CT molecular complexity index is 382. The molecule has 2 amide bonds. The Balaban J connectivity index is 2.07. The molecule has 0 spiro atoms. The fraction of sp³-hybridized carbons (Fsp3) is 0.750. The molecule has 0 aromatic carbocycles. The summed E-state index contributed by atoms with van der Waals surface area (Å²) in [5.74, 6) is -1.03. The predicted octanol–water partition coefficient (Wildman–Crippen LogP) is -0.0233. The highest BCUT2D eigenvalue weighted by atomic mass is 16.4. The first-order chi connectivity index (χ1) is 8.49. The van der Waals surface area contributed by atoms with Crippen LogP contribution in [0.2, 0.25) is 0 Å². The van der Waals surface area contributed by atoms with Crippen LogP contribution in [0.1, 0.15) is 32.6 Å². The van der Waals surface area contributed by atoms with Crippen molar-refractivity contribution >= 4 is 17.8 Å². The van der Waals surface area contributed by atoms with Gasteiger partial charge in [0.1, 0.15) is 12.1 Å². The third kappa shape index (κ3) is 2.47. The van der Waals surface area contributed by atoms with Crippen molar-refractivity contribution in [3.8, 4) is 0 Å². The number of carboxylic acid groups (broad SMARTS) is 1. The number of carbonyl (C=O) groups is 3. The van der Waals surface area contributed by atoms with Gasteiger partial charge in [-0.15, -0.1) is 0 Å². The fourth-order valence-corrected chi connectivity index (χ4v) is 2.64. The molecule has 2 rings (SSSR count). The van der Waals surface area contributed by atoms with Crippen LogP contribution in [-0.4, -0.2) is 46.4 Å². The van der Waals surface area contributed by atoms with Gasteiger partial charge >= 0.3 is 5.97 Å². The molecule has 2 heterocycles. The third-order valence-electron chi connectivity index (χ3n) is 3.73. The van der Waals surface area contributed by atoms with E-state index in [4.69, 9.17) is 0 Å². The zero-order chi connectivity index (χ0) is 13.3. The van der Waals surface area contributed by atoms with E-state index in [2.05, 4.69) is 5.32 Å². The Morgan fingerprint density at radius 3 is 2.67 bits per heavy atom. The highest BCUT2D eigenvalue weighted by Crippen LogP contribution is 2.24. The summed E-state index contributed by atoms with van der Waals surface area (Å²) in [4.78, 5) is 36.0. The largest absolute Gasteiger partial charge is 0.480 e. The average Bonchev–Trinajstić information content (AvgIpc) is 2.75. The molecule has 2 N–H and O–H groups in total. The van der Waals surface area contributed by atoms with Crippen LogP contribution >= 0.6 is 0 Å². The molecule has 0 saturated carbocycles. The smallest absolute Gasteiger partial charge is 0.326 e. The highest BCUT2D eigenvalue weighted by Gasteiger charge is 2.39. The summed E-state index contributed by atoms with van der Waals surface area (Å²) in [6, 6.07) is -1.29. The van der Waals surface area contributed by atoms with Gasteiger partial charge in [-0.25, -0.2) is 4.79 Å². The van der Waals surface area contributed by atoms with Gasteiger partial charge < -0.3 is 15.3 Å². The molecule has 18 heavy (non-hydrogen) atoms. The molecule has 0 radical (unpaired) electrons. The molecule has 2 fully saturated rings. The molecule has 100 valence electrons. The molecule has 0 aromatic heterocycles. The number of amides is 2. The molecular formula is C12H18N2O4. The quantitative estimate of drug-likeness (QED) is 0.725. The van der Waals surface area contributed by atoms with Crippen molar-refractivity contribution in [1.82, 2.24) is 10.2 Å². The van der Waals surface area contributed by atoms with E-state index in [1.54, 1.807) is 0 Å². The van der Waals surface area contributed by atoms with E-state index < -0.39 is 18.1 Å². The lowest BCUT2D eigenvalue weighted by molar-refractivity contribution is -0.153. The van der Waals surface area contributed by atoms with E-state index in [1.807, 2.05) is 6.92 Å². The lowest BCUT2D eigenvalue weighted by atomic mass is 9.92. The van der Waals surface area contributed by atoms with Crippen molar-refractivity contribution in [3.05, 3.63) is 0 Å². The molecule has 3 atom stereocenters. The molecule has 0 aliphatic carbocycles. The number of carbonyl (C=O) groups excluding carboxylic acids is 2. The molecule has 3 unspecified atom stereocenters. The summed E-state index contributed by atoms with van der Waals surface area (Å²) in [5.41, 5.74) is 0. The molecule has 2 aliphatic heterocycles. The van der Waals surface area contributed by atoms with Crippen molar-refractivity contribution < 1.29 is 19.5 Å². The highest BCUT2D eigenvalue weighted by molar-refractivity contribution is 5.93. The van der Waals surface area contributed by atoms with Gasteiger partial charge in [-0.1, -0.05) is 6.92 Å². The number of hydrogen-bond donors (Lipinski definition) is 2. The minimum atomic E-state index is -0.959. The summed E-state index contributed by atoms with van der Waals surface area (Å²) in [7, 11) is 0. The minimum Gasteiger partial charge on any atom is -0.480 e. The minimum absolute atomic E-state index is 0.134. The van der Waals surface area contributed by atoms with E-state index in [1.165, 1.54) is 4.90 Å². The summed E-state index contributed by atoms with van der Waals surface area (Å²) >= 11 is 0. The van der Waals surface area contributed by atoms with Crippen LogP contribution in [0.3, 0.4) is 0 Å². The van der Waals surface area contributed by atoms with Crippen LogP contribution in [-0.2, 0) is 14.4 Å². The fourth-order valence-electron chi connectivity index (χ4n) is 2.64. The summed E-state index contributed by atoms with van der Waals surface area (Å²) in [6.07, 6.45) is 2.12. The standard InChI is InChI=1S/C12H18N2O4/c1-7-4-5-14(9(6-7)12(17)18)11(16)8-2-3-10(15)13-8/h7-9H,2-6H2,1H3,(H,13,15)(H,17,18). The van der Waals surface area contributed by atoms with E-state index in [9.17, 15) is 19.5 Å². The molecule has 0 bridgehead atoms.